The number of amides is 1. The molecule has 0 bridgehead atoms. The molecule has 0 aromatic heterocycles. The van der Waals surface area contributed by atoms with Crippen molar-refractivity contribution in [2.24, 2.45) is 5.41 Å². The van der Waals surface area contributed by atoms with E-state index in [0.717, 1.165) is 32.7 Å². The van der Waals surface area contributed by atoms with Gasteiger partial charge in [0, 0.05) is 26.2 Å². The minimum absolute atomic E-state index is 0.178. The molecular weight excluding hydrogens is 240 g/mol. The van der Waals surface area contributed by atoms with E-state index in [4.69, 9.17) is 4.74 Å². The van der Waals surface area contributed by atoms with Gasteiger partial charge in [-0.3, -0.25) is 4.90 Å². The second kappa shape index (κ2) is 6.12. The van der Waals surface area contributed by atoms with Crippen molar-refractivity contribution in [3.8, 4) is 0 Å². The molecule has 0 radical (unpaired) electrons. The molecule has 112 valence electrons. The highest BCUT2D eigenvalue weighted by molar-refractivity contribution is 5.68. The number of carbonyl (C=O) groups excluding carboxylic acids is 1. The van der Waals surface area contributed by atoms with Crippen LogP contribution in [-0.4, -0.2) is 54.2 Å². The van der Waals surface area contributed by atoms with E-state index >= 15 is 0 Å². The summed E-state index contributed by atoms with van der Waals surface area (Å²) in [5, 5.41) is 0. The summed E-state index contributed by atoms with van der Waals surface area (Å²) in [4.78, 5) is 16.2. The molecule has 0 aliphatic carbocycles. The minimum atomic E-state index is -0.402. The van der Waals surface area contributed by atoms with Crippen LogP contribution in [0.4, 0.5) is 4.79 Å². The van der Waals surface area contributed by atoms with Gasteiger partial charge < -0.3 is 9.64 Å². The van der Waals surface area contributed by atoms with Gasteiger partial charge in [0.05, 0.1) is 0 Å². The molecule has 4 nitrogen and oxygen atoms in total. The smallest absolute Gasteiger partial charge is 0.410 e. The van der Waals surface area contributed by atoms with E-state index in [1.54, 1.807) is 0 Å². The first kappa shape index (κ1) is 16.3. The van der Waals surface area contributed by atoms with E-state index in [1.165, 1.54) is 6.42 Å². The Labute approximate surface area is 118 Å². The monoisotopic (exact) mass is 270 g/mol. The summed E-state index contributed by atoms with van der Waals surface area (Å²) in [7, 11) is 0. The van der Waals surface area contributed by atoms with E-state index < -0.39 is 5.60 Å². The van der Waals surface area contributed by atoms with Crippen LogP contribution in [0.3, 0.4) is 0 Å². The first-order valence-corrected chi connectivity index (χ1v) is 7.27. The Morgan fingerprint density at radius 2 is 1.53 bits per heavy atom. The summed E-state index contributed by atoms with van der Waals surface area (Å²) in [6.45, 7) is 17.1. The zero-order valence-corrected chi connectivity index (χ0v) is 13.5. The highest BCUT2D eigenvalue weighted by Crippen LogP contribution is 2.19. The lowest BCUT2D eigenvalue weighted by molar-refractivity contribution is 0.0137. The average Bonchev–Trinajstić information content (AvgIpc) is 2.23. The molecule has 1 fully saturated rings. The summed E-state index contributed by atoms with van der Waals surface area (Å²) < 4.78 is 5.40. The third-order valence-corrected chi connectivity index (χ3v) is 3.20. The lowest BCUT2D eigenvalue weighted by Crippen LogP contribution is -2.50. The molecule has 1 saturated heterocycles. The molecule has 0 spiro atoms. The van der Waals surface area contributed by atoms with Gasteiger partial charge in [0.25, 0.3) is 0 Å². The summed E-state index contributed by atoms with van der Waals surface area (Å²) >= 11 is 0. The molecule has 1 rings (SSSR count). The first-order chi connectivity index (χ1) is 8.57. The van der Waals surface area contributed by atoms with Gasteiger partial charge in [-0.15, -0.1) is 0 Å². The Morgan fingerprint density at radius 1 is 1.00 bits per heavy atom. The largest absolute Gasteiger partial charge is 0.444 e. The van der Waals surface area contributed by atoms with Crippen LogP contribution < -0.4 is 0 Å². The van der Waals surface area contributed by atoms with Crippen molar-refractivity contribution in [1.29, 1.82) is 0 Å². The number of nitrogens with zero attached hydrogens (tertiary/aromatic N) is 2. The van der Waals surface area contributed by atoms with Crippen molar-refractivity contribution in [3.05, 3.63) is 0 Å². The Morgan fingerprint density at radius 3 is 1.95 bits per heavy atom. The minimum Gasteiger partial charge on any atom is -0.444 e. The van der Waals surface area contributed by atoms with Gasteiger partial charge in [0.1, 0.15) is 5.60 Å². The van der Waals surface area contributed by atoms with E-state index in [9.17, 15) is 4.79 Å². The Kier molecular flexibility index (Phi) is 5.25. The van der Waals surface area contributed by atoms with Crippen LogP contribution in [0, 0.1) is 5.41 Å². The van der Waals surface area contributed by atoms with Gasteiger partial charge in [0.15, 0.2) is 0 Å². The SMILES string of the molecule is CC(C)(C)CCN1CCN(C(=O)OC(C)(C)C)CC1. The zero-order valence-electron chi connectivity index (χ0n) is 13.5. The van der Waals surface area contributed by atoms with Gasteiger partial charge in [-0.25, -0.2) is 4.79 Å². The summed E-state index contributed by atoms with van der Waals surface area (Å²) in [5.41, 5.74) is -0.0250. The van der Waals surface area contributed by atoms with Crippen LogP contribution >= 0.6 is 0 Å². The van der Waals surface area contributed by atoms with Crippen molar-refractivity contribution in [2.75, 3.05) is 32.7 Å². The standard InChI is InChI=1S/C15H30N2O2/c1-14(2,3)7-8-16-9-11-17(12-10-16)13(18)19-15(4,5)6/h7-12H2,1-6H3. The molecule has 0 aromatic rings. The van der Waals surface area contributed by atoms with E-state index in [0.29, 0.717) is 5.41 Å². The highest BCUT2D eigenvalue weighted by atomic mass is 16.6. The maximum Gasteiger partial charge on any atom is 0.410 e. The van der Waals surface area contributed by atoms with Crippen molar-refractivity contribution in [2.45, 2.75) is 53.6 Å². The predicted molar refractivity (Wildman–Crippen MR) is 78.3 cm³/mol. The number of hydrogen-bond donors (Lipinski definition) is 0. The van der Waals surface area contributed by atoms with Crippen molar-refractivity contribution < 1.29 is 9.53 Å². The van der Waals surface area contributed by atoms with Crippen LogP contribution in [0.2, 0.25) is 0 Å². The topological polar surface area (TPSA) is 32.8 Å². The zero-order chi connectivity index (χ0) is 14.7. The Hall–Kier alpha value is -0.770. The van der Waals surface area contributed by atoms with E-state index in [-0.39, 0.29) is 6.09 Å². The number of hydrogen-bond acceptors (Lipinski definition) is 3. The molecule has 0 N–H and O–H groups in total. The number of piperazine rings is 1. The molecule has 0 saturated carbocycles. The number of ether oxygens (including phenoxy) is 1. The normalized spacial score (nSPS) is 18.5. The molecule has 1 amide bonds. The fourth-order valence-corrected chi connectivity index (χ4v) is 1.97. The molecule has 1 heterocycles. The predicted octanol–water partition coefficient (Wildman–Crippen LogP) is 2.98. The van der Waals surface area contributed by atoms with Crippen molar-refractivity contribution in [1.82, 2.24) is 9.80 Å². The molecular formula is C15H30N2O2. The lowest BCUT2D eigenvalue weighted by Gasteiger charge is -2.36. The maximum absolute atomic E-state index is 11.9. The highest BCUT2D eigenvalue weighted by Gasteiger charge is 2.26. The number of carbonyl (C=O) groups is 1. The Bertz CT molecular complexity index is 294. The van der Waals surface area contributed by atoms with Crippen LogP contribution in [0.1, 0.15) is 48.0 Å². The summed E-state index contributed by atoms with van der Waals surface area (Å²) in [6.07, 6.45) is 1.02. The van der Waals surface area contributed by atoms with Crippen molar-refractivity contribution >= 4 is 6.09 Å². The molecule has 19 heavy (non-hydrogen) atoms. The second-order valence-electron chi connectivity index (χ2n) is 7.62. The maximum atomic E-state index is 11.9. The fourth-order valence-electron chi connectivity index (χ4n) is 1.97. The van der Waals surface area contributed by atoms with Crippen LogP contribution in [0.15, 0.2) is 0 Å². The van der Waals surface area contributed by atoms with Gasteiger partial charge in [0.2, 0.25) is 0 Å². The number of rotatable bonds is 2. The quantitative estimate of drug-likeness (QED) is 0.773. The molecule has 0 atom stereocenters. The molecule has 1 aliphatic rings. The van der Waals surface area contributed by atoms with E-state index in [1.807, 2.05) is 25.7 Å². The Balaban J connectivity index is 2.31. The average molecular weight is 270 g/mol. The lowest BCUT2D eigenvalue weighted by atomic mass is 9.92. The van der Waals surface area contributed by atoms with Crippen molar-refractivity contribution in [3.63, 3.8) is 0 Å². The van der Waals surface area contributed by atoms with Gasteiger partial charge in [-0.1, -0.05) is 20.8 Å². The fraction of sp³-hybridized carbons (Fsp3) is 0.933. The van der Waals surface area contributed by atoms with E-state index in [2.05, 4.69) is 25.7 Å². The first-order valence-electron chi connectivity index (χ1n) is 7.27. The molecule has 1 aliphatic heterocycles. The van der Waals surface area contributed by atoms with Gasteiger partial charge in [-0.2, -0.15) is 0 Å². The van der Waals surface area contributed by atoms with Crippen LogP contribution in [0.25, 0.3) is 0 Å². The molecule has 0 unspecified atom stereocenters. The van der Waals surface area contributed by atoms with Gasteiger partial charge >= 0.3 is 6.09 Å². The van der Waals surface area contributed by atoms with Crippen LogP contribution in [0.5, 0.6) is 0 Å². The third-order valence-electron chi connectivity index (χ3n) is 3.20. The van der Waals surface area contributed by atoms with Gasteiger partial charge in [-0.05, 0) is 39.2 Å². The summed E-state index contributed by atoms with van der Waals surface area (Å²) in [5.74, 6) is 0. The summed E-state index contributed by atoms with van der Waals surface area (Å²) in [6, 6.07) is 0. The second-order valence-corrected chi connectivity index (χ2v) is 7.62. The van der Waals surface area contributed by atoms with Crippen LogP contribution in [-0.2, 0) is 4.74 Å². The molecule has 0 aromatic carbocycles. The third kappa shape index (κ3) is 6.81. The molecule has 4 heteroatoms.